The largest absolute Gasteiger partial charge is 0.478 e. The Morgan fingerprint density at radius 3 is 2.33 bits per heavy atom. The van der Waals surface area contributed by atoms with E-state index in [2.05, 4.69) is 4.74 Å². The van der Waals surface area contributed by atoms with E-state index in [4.69, 9.17) is 5.11 Å². The number of aliphatic hydroxyl groups is 2. The van der Waals surface area contributed by atoms with Gasteiger partial charge in [0.25, 0.3) is 5.69 Å². The second kappa shape index (κ2) is 6.29. The molecule has 0 heterocycles. The lowest BCUT2D eigenvalue weighted by Gasteiger charge is -2.17. The summed E-state index contributed by atoms with van der Waals surface area (Å²) in [5.74, 6) is -2.58. The predicted molar refractivity (Wildman–Crippen MR) is 67.8 cm³/mol. The van der Waals surface area contributed by atoms with Crippen molar-refractivity contribution in [3.8, 4) is 0 Å². The minimum Gasteiger partial charge on any atom is -0.478 e. The fraction of sp³-hybridized carbons (Fsp3) is 0.333. The lowest BCUT2D eigenvalue weighted by Crippen LogP contribution is -2.29. The van der Waals surface area contributed by atoms with Gasteiger partial charge in [0.2, 0.25) is 0 Å². The molecule has 0 saturated carbocycles. The van der Waals surface area contributed by atoms with Crippen LogP contribution in [0.15, 0.2) is 12.1 Å². The first kappa shape index (κ1) is 16.5. The zero-order chi connectivity index (χ0) is 16.3. The molecule has 1 aromatic carbocycles. The number of carbonyl (C=O) groups is 2. The van der Waals surface area contributed by atoms with Gasteiger partial charge < -0.3 is 20.1 Å². The first-order valence-corrected chi connectivity index (χ1v) is 5.66. The predicted octanol–water partition coefficient (Wildman–Crippen LogP) is 0.169. The highest BCUT2D eigenvalue weighted by molar-refractivity contribution is 5.91. The lowest BCUT2D eigenvalue weighted by atomic mass is 9.97. The van der Waals surface area contributed by atoms with Gasteiger partial charge in [-0.25, -0.2) is 9.59 Å². The van der Waals surface area contributed by atoms with E-state index in [9.17, 15) is 29.9 Å². The van der Waals surface area contributed by atoms with Gasteiger partial charge in [0.05, 0.1) is 17.6 Å². The van der Waals surface area contributed by atoms with Crippen LogP contribution in [0.25, 0.3) is 0 Å². The minimum atomic E-state index is -1.99. The van der Waals surface area contributed by atoms with Crippen molar-refractivity contribution in [2.75, 3.05) is 7.11 Å². The molecular weight excluding hydrogens is 286 g/mol. The summed E-state index contributed by atoms with van der Waals surface area (Å²) in [7, 11) is 0.985. The Kier molecular flexibility index (Phi) is 4.95. The molecule has 0 spiro atoms. The molecule has 0 bridgehead atoms. The Morgan fingerprint density at radius 1 is 1.33 bits per heavy atom. The van der Waals surface area contributed by atoms with Crippen molar-refractivity contribution >= 4 is 17.6 Å². The minimum absolute atomic E-state index is 0.101. The van der Waals surface area contributed by atoms with Gasteiger partial charge in [-0.15, -0.1) is 0 Å². The Balaban J connectivity index is 3.40. The standard InChI is InChI=1S/C12H13NO8/c1-5-7(11(16)17)3-6(4-8(5)13(19)20)9(14)10(15)12(18)21-2/h3-4,9-10,14-15H,1-2H3,(H,16,17). The fourth-order valence-electron chi connectivity index (χ4n) is 1.74. The monoisotopic (exact) mass is 299 g/mol. The second-order valence-corrected chi connectivity index (χ2v) is 4.19. The highest BCUT2D eigenvalue weighted by atomic mass is 16.6. The molecule has 1 aromatic rings. The number of hydrogen-bond donors (Lipinski definition) is 3. The number of esters is 1. The van der Waals surface area contributed by atoms with Crippen molar-refractivity contribution in [1.29, 1.82) is 0 Å². The molecule has 0 aliphatic rings. The maximum Gasteiger partial charge on any atom is 0.337 e. The third-order valence-corrected chi connectivity index (χ3v) is 2.91. The van der Waals surface area contributed by atoms with Gasteiger partial charge in [0.15, 0.2) is 6.10 Å². The van der Waals surface area contributed by atoms with E-state index in [0.717, 1.165) is 19.2 Å². The number of rotatable bonds is 5. The van der Waals surface area contributed by atoms with Gasteiger partial charge >= 0.3 is 11.9 Å². The number of aromatic carboxylic acids is 1. The molecule has 3 N–H and O–H groups in total. The number of carbonyl (C=O) groups excluding carboxylic acids is 1. The van der Waals surface area contributed by atoms with Crippen LogP contribution in [0.1, 0.15) is 27.6 Å². The zero-order valence-corrected chi connectivity index (χ0v) is 11.1. The Hall–Kier alpha value is -2.52. The number of nitrogens with zero attached hydrogens (tertiary/aromatic N) is 1. The van der Waals surface area contributed by atoms with Crippen molar-refractivity contribution in [2.45, 2.75) is 19.1 Å². The number of nitro groups is 1. The smallest absolute Gasteiger partial charge is 0.337 e. The second-order valence-electron chi connectivity index (χ2n) is 4.19. The molecule has 9 heteroatoms. The number of nitro benzene ring substituents is 1. The summed E-state index contributed by atoms with van der Waals surface area (Å²) in [6.45, 7) is 1.24. The Morgan fingerprint density at radius 2 is 1.90 bits per heavy atom. The topological polar surface area (TPSA) is 147 Å². The van der Waals surface area contributed by atoms with Crippen LogP contribution >= 0.6 is 0 Å². The number of aliphatic hydroxyl groups excluding tert-OH is 2. The maximum atomic E-state index is 11.1. The van der Waals surface area contributed by atoms with E-state index in [1.54, 1.807) is 0 Å². The summed E-state index contributed by atoms with van der Waals surface area (Å²) in [6, 6.07) is 1.86. The summed E-state index contributed by atoms with van der Waals surface area (Å²) >= 11 is 0. The van der Waals surface area contributed by atoms with Crippen molar-refractivity contribution in [3.63, 3.8) is 0 Å². The normalized spacial score (nSPS) is 13.3. The molecule has 0 saturated heterocycles. The highest BCUT2D eigenvalue weighted by Gasteiger charge is 2.30. The molecule has 0 aliphatic heterocycles. The van der Waals surface area contributed by atoms with Crippen LogP contribution in [0.2, 0.25) is 0 Å². The fourth-order valence-corrected chi connectivity index (χ4v) is 1.74. The third-order valence-electron chi connectivity index (χ3n) is 2.91. The molecule has 21 heavy (non-hydrogen) atoms. The molecule has 0 radical (unpaired) electrons. The van der Waals surface area contributed by atoms with Crippen LogP contribution in [-0.2, 0) is 9.53 Å². The van der Waals surface area contributed by atoms with Crippen LogP contribution in [0.4, 0.5) is 5.69 Å². The molecule has 0 amide bonds. The molecule has 2 atom stereocenters. The average Bonchev–Trinajstić information content (AvgIpc) is 2.44. The summed E-state index contributed by atoms with van der Waals surface area (Å²) in [5, 5.41) is 39.3. The van der Waals surface area contributed by atoms with E-state index >= 15 is 0 Å². The van der Waals surface area contributed by atoms with Crippen LogP contribution in [-0.4, -0.2) is 45.4 Å². The third kappa shape index (κ3) is 3.33. The maximum absolute atomic E-state index is 11.1. The SMILES string of the molecule is COC(=O)C(O)C(O)c1cc(C(=O)O)c(C)c([N+](=O)[O-])c1. The molecule has 2 unspecified atom stereocenters. The number of carboxylic acid groups (broad SMARTS) is 1. The van der Waals surface area contributed by atoms with E-state index in [-0.39, 0.29) is 11.1 Å². The number of methoxy groups -OCH3 is 1. The van der Waals surface area contributed by atoms with Gasteiger partial charge in [-0.3, -0.25) is 10.1 Å². The molecule has 114 valence electrons. The van der Waals surface area contributed by atoms with E-state index in [1.807, 2.05) is 0 Å². The van der Waals surface area contributed by atoms with Crippen molar-refractivity contribution in [2.24, 2.45) is 0 Å². The first-order valence-electron chi connectivity index (χ1n) is 5.66. The molecule has 9 nitrogen and oxygen atoms in total. The number of hydrogen-bond acceptors (Lipinski definition) is 7. The summed E-state index contributed by atoms with van der Waals surface area (Å²) < 4.78 is 4.23. The summed E-state index contributed by atoms with van der Waals surface area (Å²) in [5.41, 5.74) is -1.32. The summed E-state index contributed by atoms with van der Waals surface area (Å²) in [4.78, 5) is 32.3. The van der Waals surface area contributed by atoms with Crippen LogP contribution in [0, 0.1) is 17.0 Å². The quantitative estimate of drug-likeness (QED) is 0.396. The molecule has 0 aromatic heterocycles. The zero-order valence-electron chi connectivity index (χ0n) is 11.1. The van der Waals surface area contributed by atoms with E-state index < -0.39 is 40.3 Å². The molecular formula is C12H13NO8. The molecule has 1 rings (SSSR count). The Bertz CT molecular complexity index is 562. The number of ether oxygens (including phenoxy) is 1. The number of carboxylic acids is 1. The van der Waals surface area contributed by atoms with Gasteiger partial charge in [-0.2, -0.15) is 0 Å². The van der Waals surface area contributed by atoms with Crippen molar-refractivity contribution < 1.29 is 34.6 Å². The molecule has 0 aliphatic carbocycles. The van der Waals surface area contributed by atoms with Crippen molar-refractivity contribution in [1.82, 2.24) is 0 Å². The van der Waals surface area contributed by atoms with E-state index in [0.29, 0.717) is 0 Å². The lowest BCUT2D eigenvalue weighted by molar-refractivity contribution is -0.385. The van der Waals surface area contributed by atoms with E-state index in [1.165, 1.54) is 6.92 Å². The average molecular weight is 299 g/mol. The van der Waals surface area contributed by atoms with Gasteiger partial charge in [0.1, 0.15) is 6.10 Å². The highest BCUT2D eigenvalue weighted by Crippen LogP contribution is 2.28. The van der Waals surface area contributed by atoms with Crippen LogP contribution < -0.4 is 0 Å². The number of benzene rings is 1. The van der Waals surface area contributed by atoms with Gasteiger partial charge in [0, 0.05) is 11.6 Å². The van der Waals surface area contributed by atoms with Crippen LogP contribution in [0.5, 0.6) is 0 Å². The van der Waals surface area contributed by atoms with Gasteiger partial charge in [-0.1, -0.05) is 0 Å². The molecule has 0 fully saturated rings. The summed E-state index contributed by atoms with van der Waals surface area (Å²) in [6.07, 6.45) is -3.84. The Labute approximate surface area is 118 Å². The van der Waals surface area contributed by atoms with Crippen molar-refractivity contribution in [3.05, 3.63) is 38.9 Å². The first-order chi connectivity index (χ1) is 9.70. The van der Waals surface area contributed by atoms with Gasteiger partial charge in [-0.05, 0) is 18.6 Å². The van der Waals surface area contributed by atoms with Crippen LogP contribution in [0.3, 0.4) is 0 Å².